The van der Waals surface area contributed by atoms with Gasteiger partial charge in [0, 0.05) is 12.1 Å². The first-order valence-electron chi connectivity index (χ1n) is 6.63. The molecule has 0 bridgehead atoms. The van der Waals surface area contributed by atoms with Crippen molar-refractivity contribution in [1.82, 2.24) is 5.32 Å². The molecule has 0 aliphatic rings. The smallest absolute Gasteiger partial charge is 0.0546 e. The van der Waals surface area contributed by atoms with Crippen molar-refractivity contribution in [2.45, 2.75) is 32.8 Å². The maximum absolute atomic E-state index is 6.03. The van der Waals surface area contributed by atoms with Crippen LogP contribution in [0.2, 0.25) is 5.02 Å². The van der Waals surface area contributed by atoms with Crippen molar-refractivity contribution in [3.05, 3.63) is 34.9 Å². The molecule has 0 saturated heterocycles. The average Bonchev–Trinajstić information content (AvgIpc) is 2.35. The molecule has 3 heteroatoms. The van der Waals surface area contributed by atoms with E-state index in [2.05, 4.69) is 31.3 Å². The van der Waals surface area contributed by atoms with Gasteiger partial charge in [-0.2, -0.15) is 0 Å². The molecular formula is C15H24ClNO. The minimum atomic E-state index is 0.299. The van der Waals surface area contributed by atoms with E-state index in [0.717, 1.165) is 31.0 Å². The van der Waals surface area contributed by atoms with Crippen molar-refractivity contribution in [3.63, 3.8) is 0 Å². The molecule has 0 amide bonds. The molecule has 0 radical (unpaired) electrons. The zero-order chi connectivity index (χ0) is 13.4. The Kier molecular flexibility index (Phi) is 7.33. The molecule has 1 aromatic rings. The lowest BCUT2D eigenvalue weighted by Crippen LogP contribution is -2.27. The monoisotopic (exact) mass is 269 g/mol. The summed E-state index contributed by atoms with van der Waals surface area (Å²) < 4.78 is 5.37. The predicted octanol–water partition coefficient (Wildman–Crippen LogP) is 3.53. The first-order chi connectivity index (χ1) is 8.65. The molecule has 0 heterocycles. The van der Waals surface area contributed by atoms with E-state index in [-0.39, 0.29) is 0 Å². The van der Waals surface area contributed by atoms with Crippen LogP contribution in [0.1, 0.15) is 25.8 Å². The van der Waals surface area contributed by atoms with Crippen LogP contribution < -0.4 is 5.32 Å². The number of benzene rings is 1. The Labute approximate surface area is 116 Å². The highest BCUT2D eigenvalue weighted by Crippen LogP contribution is 2.18. The molecule has 1 N–H and O–H groups in total. The van der Waals surface area contributed by atoms with Gasteiger partial charge < -0.3 is 10.1 Å². The molecule has 102 valence electrons. The van der Waals surface area contributed by atoms with Crippen LogP contribution in [0.15, 0.2) is 24.3 Å². The van der Waals surface area contributed by atoms with Crippen molar-refractivity contribution in [2.24, 2.45) is 5.92 Å². The number of methoxy groups -OCH3 is 1. The van der Waals surface area contributed by atoms with Crippen LogP contribution >= 0.6 is 11.6 Å². The molecular weight excluding hydrogens is 246 g/mol. The first-order valence-corrected chi connectivity index (χ1v) is 7.01. The van der Waals surface area contributed by atoms with Gasteiger partial charge in [0.15, 0.2) is 0 Å². The standard InChI is InChI=1S/C15H24ClNO/c1-4-17-11-14(8-12(2)18-3)9-13-6-5-7-15(16)10-13/h5-7,10,12,14,17H,4,8-9,11H2,1-3H3. The van der Waals surface area contributed by atoms with Gasteiger partial charge in [-0.3, -0.25) is 0 Å². The number of ether oxygens (including phenoxy) is 1. The van der Waals surface area contributed by atoms with Gasteiger partial charge in [0.05, 0.1) is 6.10 Å². The van der Waals surface area contributed by atoms with Crippen LogP contribution in [0.25, 0.3) is 0 Å². The molecule has 0 aliphatic heterocycles. The number of hydrogen-bond donors (Lipinski definition) is 1. The molecule has 1 rings (SSSR count). The van der Waals surface area contributed by atoms with Gasteiger partial charge in [0.2, 0.25) is 0 Å². The van der Waals surface area contributed by atoms with Gasteiger partial charge in [-0.1, -0.05) is 30.7 Å². The Morgan fingerprint density at radius 2 is 2.17 bits per heavy atom. The molecule has 2 nitrogen and oxygen atoms in total. The summed E-state index contributed by atoms with van der Waals surface area (Å²) in [6, 6.07) is 8.13. The average molecular weight is 270 g/mol. The lowest BCUT2D eigenvalue weighted by atomic mass is 9.94. The first kappa shape index (κ1) is 15.5. The van der Waals surface area contributed by atoms with Gasteiger partial charge in [0.25, 0.3) is 0 Å². The summed E-state index contributed by atoms with van der Waals surface area (Å²) in [6.07, 6.45) is 2.41. The second-order valence-corrected chi connectivity index (χ2v) is 5.23. The van der Waals surface area contributed by atoms with Crippen LogP contribution in [0.3, 0.4) is 0 Å². The third-order valence-corrected chi connectivity index (χ3v) is 3.40. The summed E-state index contributed by atoms with van der Waals surface area (Å²) in [5.74, 6) is 0.582. The maximum atomic E-state index is 6.03. The molecule has 18 heavy (non-hydrogen) atoms. The van der Waals surface area contributed by atoms with Gasteiger partial charge in [-0.15, -0.1) is 0 Å². The van der Waals surface area contributed by atoms with E-state index in [1.807, 2.05) is 12.1 Å². The highest BCUT2D eigenvalue weighted by Gasteiger charge is 2.13. The van der Waals surface area contributed by atoms with E-state index in [1.54, 1.807) is 7.11 Å². The van der Waals surface area contributed by atoms with E-state index >= 15 is 0 Å². The molecule has 0 saturated carbocycles. The zero-order valence-electron chi connectivity index (χ0n) is 11.6. The van der Waals surface area contributed by atoms with Crippen molar-refractivity contribution >= 4 is 11.6 Å². The van der Waals surface area contributed by atoms with Gasteiger partial charge in [-0.05, 0) is 56.5 Å². The highest BCUT2D eigenvalue weighted by molar-refractivity contribution is 6.30. The molecule has 1 aromatic carbocycles. The molecule has 0 aliphatic carbocycles. The third kappa shape index (κ3) is 5.85. The van der Waals surface area contributed by atoms with Crippen LogP contribution in [0, 0.1) is 5.92 Å². The van der Waals surface area contributed by atoms with E-state index in [9.17, 15) is 0 Å². The second kappa shape index (κ2) is 8.52. The van der Waals surface area contributed by atoms with Crippen molar-refractivity contribution in [3.8, 4) is 0 Å². The summed E-state index contributed by atoms with van der Waals surface area (Å²) >= 11 is 6.03. The number of rotatable bonds is 8. The number of hydrogen-bond acceptors (Lipinski definition) is 2. The Bertz CT molecular complexity index is 343. The number of nitrogens with one attached hydrogen (secondary N) is 1. The molecule has 0 spiro atoms. The Morgan fingerprint density at radius 3 is 2.78 bits per heavy atom. The third-order valence-electron chi connectivity index (χ3n) is 3.16. The Morgan fingerprint density at radius 1 is 1.39 bits per heavy atom. The Balaban J connectivity index is 2.59. The summed E-state index contributed by atoms with van der Waals surface area (Å²) in [6.45, 7) is 6.29. The van der Waals surface area contributed by atoms with Crippen LogP contribution in [0.5, 0.6) is 0 Å². The fraction of sp³-hybridized carbons (Fsp3) is 0.600. The van der Waals surface area contributed by atoms with Crippen molar-refractivity contribution in [2.75, 3.05) is 20.2 Å². The minimum Gasteiger partial charge on any atom is -0.382 e. The van der Waals surface area contributed by atoms with Gasteiger partial charge in [0.1, 0.15) is 0 Å². The summed E-state index contributed by atoms with van der Waals surface area (Å²) in [5, 5.41) is 4.24. The quantitative estimate of drug-likeness (QED) is 0.780. The van der Waals surface area contributed by atoms with E-state index < -0.39 is 0 Å². The molecule has 0 aromatic heterocycles. The lowest BCUT2D eigenvalue weighted by Gasteiger charge is -2.21. The van der Waals surface area contributed by atoms with Crippen LogP contribution in [0.4, 0.5) is 0 Å². The highest BCUT2D eigenvalue weighted by atomic mass is 35.5. The zero-order valence-corrected chi connectivity index (χ0v) is 12.3. The normalized spacial score (nSPS) is 14.4. The largest absolute Gasteiger partial charge is 0.382 e. The molecule has 0 fully saturated rings. The van der Waals surface area contributed by atoms with Crippen LogP contribution in [-0.4, -0.2) is 26.3 Å². The van der Waals surface area contributed by atoms with Gasteiger partial charge in [-0.25, -0.2) is 0 Å². The summed E-state index contributed by atoms with van der Waals surface area (Å²) in [5.41, 5.74) is 1.30. The maximum Gasteiger partial charge on any atom is 0.0546 e. The fourth-order valence-corrected chi connectivity index (χ4v) is 2.36. The molecule has 2 atom stereocenters. The van der Waals surface area contributed by atoms with Crippen molar-refractivity contribution in [1.29, 1.82) is 0 Å². The summed E-state index contributed by atoms with van der Waals surface area (Å²) in [7, 11) is 1.77. The van der Waals surface area contributed by atoms with Gasteiger partial charge >= 0.3 is 0 Å². The second-order valence-electron chi connectivity index (χ2n) is 4.79. The van der Waals surface area contributed by atoms with E-state index in [4.69, 9.17) is 16.3 Å². The van der Waals surface area contributed by atoms with Crippen molar-refractivity contribution < 1.29 is 4.74 Å². The topological polar surface area (TPSA) is 21.3 Å². The Hall–Kier alpha value is -0.570. The predicted molar refractivity (Wildman–Crippen MR) is 78.3 cm³/mol. The van der Waals surface area contributed by atoms with E-state index in [1.165, 1.54) is 5.56 Å². The SMILES string of the molecule is CCNCC(Cc1cccc(Cl)c1)CC(C)OC. The minimum absolute atomic E-state index is 0.299. The number of halogens is 1. The fourth-order valence-electron chi connectivity index (χ4n) is 2.15. The molecule has 2 unspecified atom stereocenters. The van der Waals surface area contributed by atoms with E-state index in [0.29, 0.717) is 12.0 Å². The summed E-state index contributed by atoms with van der Waals surface area (Å²) in [4.78, 5) is 0. The van der Waals surface area contributed by atoms with Crippen LogP contribution in [-0.2, 0) is 11.2 Å². The lowest BCUT2D eigenvalue weighted by molar-refractivity contribution is 0.0947.